The summed E-state index contributed by atoms with van der Waals surface area (Å²) in [6.45, 7) is 3.92. The van der Waals surface area contributed by atoms with Crippen molar-refractivity contribution < 1.29 is 14.3 Å². The van der Waals surface area contributed by atoms with Gasteiger partial charge in [0.25, 0.3) is 5.91 Å². The predicted molar refractivity (Wildman–Crippen MR) is 105 cm³/mol. The number of anilines is 1. The lowest BCUT2D eigenvalue weighted by Crippen LogP contribution is -2.42. The quantitative estimate of drug-likeness (QED) is 0.761. The molecule has 0 saturated carbocycles. The minimum Gasteiger partial charge on any atom is -0.487 e. The average Bonchev–Trinajstić information content (AvgIpc) is 2.54. The van der Waals surface area contributed by atoms with Gasteiger partial charge < -0.3 is 20.5 Å². The van der Waals surface area contributed by atoms with E-state index < -0.39 is 0 Å². The Morgan fingerprint density at radius 1 is 1.31 bits per heavy atom. The second kappa shape index (κ2) is 8.06. The molecule has 0 saturated heterocycles. The Kier molecular flexibility index (Phi) is 6.26. The number of rotatable bonds is 4. The van der Waals surface area contributed by atoms with Crippen molar-refractivity contribution in [3.63, 3.8) is 0 Å². The van der Waals surface area contributed by atoms with Crippen molar-refractivity contribution in [2.45, 2.75) is 31.9 Å². The highest BCUT2D eigenvalue weighted by Crippen LogP contribution is 2.40. The minimum absolute atomic E-state index is 0. The summed E-state index contributed by atoms with van der Waals surface area (Å²) in [5.41, 5.74) is 7.03. The number of carbonyl (C=O) groups excluding carboxylic acids is 1. The molecular weight excluding hydrogens is 375 g/mol. The lowest BCUT2D eigenvalue weighted by Gasteiger charge is -2.38. The molecule has 1 aliphatic rings. The van der Waals surface area contributed by atoms with E-state index in [0.29, 0.717) is 22.9 Å². The highest BCUT2D eigenvalue weighted by Gasteiger charge is 2.34. The van der Waals surface area contributed by atoms with Gasteiger partial charge in [0, 0.05) is 22.7 Å². The molecule has 2 aromatic carbocycles. The summed E-state index contributed by atoms with van der Waals surface area (Å²) in [5.74, 6) is 1.14. The van der Waals surface area contributed by atoms with E-state index in [1.54, 1.807) is 30.3 Å². The predicted octanol–water partition coefficient (Wildman–Crippen LogP) is 4.14. The largest absolute Gasteiger partial charge is 0.487 e. The zero-order valence-electron chi connectivity index (χ0n) is 14.6. The number of benzene rings is 2. The van der Waals surface area contributed by atoms with Gasteiger partial charge in [-0.2, -0.15) is 0 Å². The SMILES string of the molecule is CC1(C)CC(NC(=O)COc2ccc(Cl)cc2)c2cc(N)ccc2O1.Cl. The number of amides is 1. The van der Waals surface area contributed by atoms with Crippen LogP contribution in [0.5, 0.6) is 11.5 Å². The van der Waals surface area contributed by atoms with Crippen LogP contribution < -0.4 is 20.5 Å². The Morgan fingerprint density at radius 3 is 2.69 bits per heavy atom. The maximum Gasteiger partial charge on any atom is 0.258 e. The van der Waals surface area contributed by atoms with Crippen LogP contribution in [-0.2, 0) is 4.79 Å². The van der Waals surface area contributed by atoms with E-state index in [-0.39, 0.29) is 36.6 Å². The summed E-state index contributed by atoms with van der Waals surface area (Å²) in [6, 6.07) is 12.2. The lowest BCUT2D eigenvalue weighted by atomic mass is 9.89. The summed E-state index contributed by atoms with van der Waals surface area (Å²) in [4.78, 5) is 12.3. The van der Waals surface area contributed by atoms with E-state index >= 15 is 0 Å². The highest BCUT2D eigenvalue weighted by molar-refractivity contribution is 6.30. The van der Waals surface area contributed by atoms with Crippen LogP contribution in [0.1, 0.15) is 31.9 Å². The molecule has 1 unspecified atom stereocenters. The van der Waals surface area contributed by atoms with Crippen LogP contribution in [0.15, 0.2) is 42.5 Å². The molecule has 1 aliphatic heterocycles. The molecule has 0 aromatic heterocycles. The first-order valence-electron chi connectivity index (χ1n) is 8.08. The molecule has 0 spiro atoms. The Morgan fingerprint density at radius 2 is 2.00 bits per heavy atom. The van der Waals surface area contributed by atoms with Crippen molar-refractivity contribution in [1.82, 2.24) is 5.32 Å². The van der Waals surface area contributed by atoms with Gasteiger partial charge in [-0.1, -0.05) is 11.6 Å². The van der Waals surface area contributed by atoms with Crippen molar-refractivity contribution in [3.8, 4) is 11.5 Å². The zero-order chi connectivity index (χ0) is 18.0. The topological polar surface area (TPSA) is 73.6 Å². The number of fused-ring (bicyclic) bond motifs is 1. The van der Waals surface area contributed by atoms with Crippen LogP contribution in [0, 0.1) is 0 Å². The molecule has 1 atom stereocenters. The molecule has 1 heterocycles. The van der Waals surface area contributed by atoms with Crippen LogP contribution in [0.2, 0.25) is 5.02 Å². The fraction of sp³-hybridized carbons (Fsp3) is 0.316. The monoisotopic (exact) mass is 396 g/mol. The molecule has 0 aliphatic carbocycles. The van der Waals surface area contributed by atoms with Gasteiger partial charge in [0.1, 0.15) is 17.1 Å². The first kappa shape index (κ1) is 20.2. The second-order valence-electron chi connectivity index (χ2n) is 6.73. The first-order chi connectivity index (χ1) is 11.8. The van der Waals surface area contributed by atoms with Crippen molar-refractivity contribution in [1.29, 1.82) is 0 Å². The minimum atomic E-state index is -0.377. The van der Waals surface area contributed by atoms with Gasteiger partial charge in [0.05, 0.1) is 6.04 Å². The average molecular weight is 397 g/mol. The van der Waals surface area contributed by atoms with E-state index in [1.165, 1.54) is 0 Å². The van der Waals surface area contributed by atoms with Crippen molar-refractivity contribution in [2.75, 3.05) is 12.3 Å². The lowest BCUT2D eigenvalue weighted by molar-refractivity contribution is -0.124. The standard InChI is InChI=1S/C19H21ClN2O3.ClH/c1-19(2)10-16(15-9-13(21)5-8-17(15)25-19)22-18(23)11-24-14-6-3-12(20)4-7-14;/h3-9,16H,10-11,21H2,1-2H3,(H,22,23);1H. The fourth-order valence-corrected chi connectivity index (χ4v) is 3.04. The molecule has 7 heteroatoms. The fourth-order valence-electron chi connectivity index (χ4n) is 2.92. The van der Waals surface area contributed by atoms with Crippen LogP contribution in [0.25, 0.3) is 0 Å². The molecule has 0 bridgehead atoms. The third-order valence-electron chi connectivity index (χ3n) is 4.01. The van der Waals surface area contributed by atoms with Gasteiger partial charge in [-0.25, -0.2) is 0 Å². The Balaban J connectivity index is 0.00000243. The van der Waals surface area contributed by atoms with E-state index in [2.05, 4.69) is 5.32 Å². The maximum atomic E-state index is 12.3. The summed E-state index contributed by atoms with van der Waals surface area (Å²) in [6.07, 6.45) is 0.649. The van der Waals surface area contributed by atoms with Gasteiger partial charge in [0.2, 0.25) is 0 Å². The number of halogens is 2. The smallest absolute Gasteiger partial charge is 0.258 e. The van der Waals surface area contributed by atoms with Crippen molar-refractivity contribution in [3.05, 3.63) is 53.1 Å². The molecule has 3 N–H and O–H groups in total. The Bertz CT molecular complexity index is 779. The van der Waals surface area contributed by atoms with Gasteiger partial charge in [0.15, 0.2) is 6.61 Å². The van der Waals surface area contributed by atoms with Crippen LogP contribution in [-0.4, -0.2) is 18.1 Å². The summed E-state index contributed by atoms with van der Waals surface area (Å²) >= 11 is 5.83. The molecular formula is C19H22Cl2N2O3. The molecule has 3 rings (SSSR count). The van der Waals surface area contributed by atoms with Gasteiger partial charge in [-0.05, 0) is 56.3 Å². The molecule has 1 amide bonds. The number of nitrogens with two attached hydrogens (primary N) is 1. The van der Waals surface area contributed by atoms with E-state index in [0.717, 1.165) is 11.3 Å². The Hall–Kier alpha value is -2.11. The zero-order valence-corrected chi connectivity index (χ0v) is 16.2. The number of carbonyl (C=O) groups is 1. The third kappa shape index (κ3) is 4.96. The number of nitrogens with one attached hydrogen (secondary N) is 1. The number of hydrogen-bond donors (Lipinski definition) is 2. The number of ether oxygens (including phenoxy) is 2. The van der Waals surface area contributed by atoms with Crippen LogP contribution in [0.4, 0.5) is 5.69 Å². The summed E-state index contributed by atoms with van der Waals surface area (Å²) < 4.78 is 11.5. The molecule has 0 radical (unpaired) electrons. The first-order valence-corrected chi connectivity index (χ1v) is 8.46. The number of nitrogen functional groups attached to an aromatic ring is 1. The normalized spacial score (nSPS) is 17.3. The maximum absolute atomic E-state index is 12.3. The Labute approximate surface area is 164 Å². The van der Waals surface area contributed by atoms with Gasteiger partial charge in [-0.15, -0.1) is 12.4 Å². The third-order valence-corrected chi connectivity index (χ3v) is 4.26. The number of hydrogen-bond acceptors (Lipinski definition) is 4. The highest BCUT2D eigenvalue weighted by atomic mass is 35.5. The second-order valence-corrected chi connectivity index (χ2v) is 7.16. The molecule has 26 heavy (non-hydrogen) atoms. The van der Waals surface area contributed by atoms with Crippen molar-refractivity contribution in [2.24, 2.45) is 0 Å². The molecule has 140 valence electrons. The van der Waals surface area contributed by atoms with E-state index in [9.17, 15) is 4.79 Å². The van der Waals surface area contributed by atoms with E-state index in [1.807, 2.05) is 26.0 Å². The van der Waals surface area contributed by atoms with Gasteiger partial charge in [-0.3, -0.25) is 4.79 Å². The van der Waals surface area contributed by atoms with Crippen LogP contribution >= 0.6 is 24.0 Å². The molecule has 0 fully saturated rings. The van der Waals surface area contributed by atoms with Crippen molar-refractivity contribution >= 4 is 35.6 Å². The van der Waals surface area contributed by atoms with Gasteiger partial charge >= 0.3 is 0 Å². The molecule has 5 nitrogen and oxygen atoms in total. The molecule has 2 aromatic rings. The van der Waals surface area contributed by atoms with E-state index in [4.69, 9.17) is 26.8 Å². The summed E-state index contributed by atoms with van der Waals surface area (Å²) in [5, 5.41) is 3.63. The summed E-state index contributed by atoms with van der Waals surface area (Å²) in [7, 11) is 0. The van der Waals surface area contributed by atoms with Crippen LogP contribution in [0.3, 0.4) is 0 Å².